The fourth-order valence-corrected chi connectivity index (χ4v) is 6.08. The normalized spacial score (nSPS) is 16.5. The number of sulfonamides is 1. The van der Waals surface area contributed by atoms with Crippen LogP contribution in [0.5, 0.6) is 0 Å². The number of carbonyl (C=O) groups excluding carboxylic acids is 1. The molecule has 6 nitrogen and oxygen atoms in total. The lowest BCUT2D eigenvalue weighted by molar-refractivity contribution is 0.102. The van der Waals surface area contributed by atoms with Gasteiger partial charge in [-0.2, -0.15) is 9.57 Å². The first kappa shape index (κ1) is 21.5. The van der Waals surface area contributed by atoms with Crippen LogP contribution < -0.4 is 5.32 Å². The summed E-state index contributed by atoms with van der Waals surface area (Å²) < 4.78 is 26.4. The molecule has 1 N–H and O–H groups in total. The number of fused-ring (bicyclic) bond motifs is 1. The summed E-state index contributed by atoms with van der Waals surface area (Å²) >= 11 is 1.47. The van der Waals surface area contributed by atoms with Gasteiger partial charge in [-0.05, 0) is 68.9 Å². The highest BCUT2D eigenvalue weighted by atomic mass is 32.2. The van der Waals surface area contributed by atoms with Crippen LogP contribution in [0.25, 0.3) is 0 Å². The minimum absolute atomic E-state index is 0.142. The van der Waals surface area contributed by atoms with Crippen LogP contribution in [-0.2, 0) is 22.9 Å². The molecule has 29 heavy (non-hydrogen) atoms. The maximum Gasteiger partial charge on any atom is 0.256 e. The van der Waals surface area contributed by atoms with Crippen LogP contribution in [0, 0.1) is 17.2 Å². The number of nitrogens with zero attached hydrogens (tertiary/aromatic N) is 2. The maximum atomic E-state index is 12.7. The Morgan fingerprint density at radius 2 is 1.97 bits per heavy atom. The lowest BCUT2D eigenvalue weighted by Crippen LogP contribution is -2.33. The van der Waals surface area contributed by atoms with Crippen molar-refractivity contribution in [1.82, 2.24) is 4.31 Å². The molecule has 1 aliphatic carbocycles. The molecule has 1 heterocycles. The number of hydrogen-bond donors (Lipinski definition) is 1. The fourth-order valence-electron chi connectivity index (χ4n) is 3.35. The molecule has 1 aliphatic rings. The molecule has 2 aromatic rings. The van der Waals surface area contributed by atoms with Gasteiger partial charge in [0, 0.05) is 23.5 Å². The Morgan fingerprint density at radius 3 is 2.55 bits per heavy atom. The summed E-state index contributed by atoms with van der Waals surface area (Å²) in [6.45, 7) is 5.79. The molecule has 1 aromatic carbocycles. The Morgan fingerprint density at radius 1 is 1.31 bits per heavy atom. The molecule has 1 aromatic heterocycles. The van der Waals surface area contributed by atoms with E-state index >= 15 is 0 Å². The summed E-state index contributed by atoms with van der Waals surface area (Å²) in [6, 6.07) is 7.95. The summed E-state index contributed by atoms with van der Waals surface area (Å²) in [4.78, 5) is 14.0. The highest BCUT2D eigenvalue weighted by Gasteiger charge is 2.26. The zero-order valence-electron chi connectivity index (χ0n) is 17.0. The van der Waals surface area contributed by atoms with E-state index in [1.165, 1.54) is 51.8 Å². The third kappa shape index (κ3) is 4.22. The Balaban J connectivity index is 1.82. The van der Waals surface area contributed by atoms with Gasteiger partial charge >= 0.3 is 0 Å². The molecule has 3 rings (SSSR count). The predicted octanol–water partition coefficient (Wildman–Crippen LogP) is 4.03. The standard InChI is InChI=1S/C21H25N3O3S2/c1-13(2)24(4)29(26,27)16-8-6-15(7-9-16)20(25)23-21-18(12-22)17-10-5-14(3)11-19(17)28-21/h6-9,13-14H,5,10-11H2,1-4H3,(H,23,25). The van der Waals surface area contributed by atoms with Gasteiger partial charge in [0.05, 0.1) is 10.5 Å². The number of nitrogens with one attached hydrogen (secondary N) is 1. The molecule has 1 amide bonds. The molecule has 0 aliphatic heterocycles. The zero-order valence-corrected chi connectivity index (χ0v) is 18.7. The predicted molar refractivity (Wildman–Crippen MR) is 115 cm³/mol. The van der Waals surface area contributed by atoms with Gasteiger partial charge in [0.15, 0.2) is 0 Å². The Kier molecular flexibility index (Phi) is 6.13. The largest absolute Gasteiger partial charge is 0.312 e. The number of benzene rings is 1. The van der Waals surface area contributed by atoms with Crippen molar-refractivity contribution >= 4 is 32.3 Å². The van der Waals surface area contributed by atoms with Crippen molar-refractivity contribution in [3.63, 3.8) is 0 Å². The van der Waals surface area contributed by atoms with Crippen LogP contribution >= 0.6 is 11.3 Å². The van der Waals surface area contributed by atoms with Crippen LogP contribution in [0.1, 0.15) is 53.6 Å². The number of anilines is 1. The van der Waals surface area contributed by atoms with Crippen LogP contribution in [0.4, 0.5) is 5.00 Å². The fraction of sp³-hybridized carbons (Fsp3) is 0.429. The van der Waals surface area contributed by atoms with Gasteiger partial charge in [-0.15, -0.1) is 11.3 Å². The number of carbonyl (C=O) groups is 1. The van der Waals surface area contributed by atoms with Gasteiger partial charge in [-0.1, -0.05) is 6.92 Å². The molecule has 0 saturated heterocycles. The third-order valence-corrected chi connectivity index (χ3v) is 8.59. The molecular weight excluding hydrogens is 406 g/mol. The summed E-state index contributed by atoms with van der Waals surface area (Å²) in [5.41, 5.74) is 1.96. The van der Waals surface area contributed by atoms with E-state index in [1.807, 2.05) is 0 Å². The van der Waals surface area contributed by atoms with E-state index in [0.29, 0.717) is 22.0 Å². The topological polar surface area (TPSA) is 90.3 Å². The molecule has 0 spiro atoms. The molecular formula is C21H25N3O3S2. The van der Waals surface area contributed by atoms with E-state index in [9.17, 15) is 18.5 Å². The smallest absolute Gasteiger partial charge is 0.256 e. The highest BCUT2D eigenvalue weighted by molar-refractivity contribution is 7.89. The number of thiophene rings is 1. The SMILES string of the molecule is CC1CCc2c(sc(NC(=O)c3ccc(S(=O)(=O)N(C)C(C)C)cc3)c2C#N)C1. The van der Waals surface area contributed by atoms with E-state index < -0.39 is 10.0 Å². The molecule has 154 valence electrons. The lowest BCUT2D eigenvalue weighted by Gasteiger charge is -2.21. The van der Waals surface area contributed by atoms with Gasteiger partial charge in [0.2, 0.25) is 10.0 Å². The second kappa shape index (κ2) is 8.27. The van der Waals surface area contributed by atoms with E-state index in [4.69, 9.17) is 0 Å². The average Bonchev–Trinajstić information content (AvgIpc) is 3.03. The Hall–Kier alpha value is -2.21. The molecule has 1 unspecified atom stereocenters. The van der Waals surface area contributed by atoms with Crippen molar-refractivity contribution in [3.8, 4) is 6.07 Å². The van der Waals surface area contributed by atoms with Crippen LogP contribution in [0.2, 0.25) is 0 Å². The quantitative estimate of drug-likeness (QED) is 0.774. The first-order valence-electron chi connectivity index (χ1n) is 9.59. The summed E-state index contributed by atoms with van der Waals surface area (Å²) in [5.74, 6) is 0.226. The molecule has 0 bridgehead atoms. The van der Waals surface area contributed by atoms with E-state index in [1.54, 1.807) is 13.8 Å². The summed E-state index contributed by atoms with van der Waals surface area (Å²) in [7, 11) is -2.07. The lowest BCUT2D eigenvalue weighted by atomic mass is 9.88. The monoisotopic (exact) mass is 431 g/mol. The first-order valence-corrected chi connectivity index (χ1v) is 11.8. The number of amides is 1. The van der Waals surface area contributed by atoms with Gasteiger partial charge in [0.1, 0.15) is 11.1 Å². The van der Waals surface area contributed by atoms with Crippen molar-refractivity contribution in [2.45, 2.75) is 51.0 Å². The van der Waals surface area contributed by atoms with E-state index in [0.717, 1.165) is 24.8 Å². The van der Waals surface area contributed by atoms with Crippen molar-refractivity contribution in [2.75, 3.05) is 12.4 Å². The average molecular weight is 432 g/mol. The molecule has 1 atom stereocenters. The van der Waals surface area contributed by atoms with E-state index in [-0.39, 0.29) is 16.8 Å². The number of nitriles is 1. The maximum absolute atomic E-state index is 12.7. The number of hydrogen-bond acceptors (Lipinski definition) is 5. The van der Waals surface area contributed by atoms with Crippen molar-refractivity contribution in [1.29, 1.82) is 5.26 Å². The highest BCUT2D eigenvalue weighted by Crippen LogP contribution is 2.39. The minimum Gasteiger partial charge on any atom is -0.312 e. The summed E-state index contributed by atoms with van der Waals surface area (Å²) in [5, 5.41) is 13.0. The van der Waals surface area contributed by atoms with E-state index in [2.05, 4.69) is 18.3 Å². The van der Waals surface area contributed by atoms with Crippen molar-refractivity contribution in [2.24, 2.45) is 5.92 Å². The Bertz CT molecular complexity index is 1060. The van der Waals surface area contributed by atoms with Gasteiger partial charge in [0.25, 0.3) is 5.91 Å². The Labute approximate surface area is 176 Å². The molecule has 0 radical (unpaired) electrons. The molecule has 0 saturated carbocycles. The number of rotatable bonds is 5. The van der Waals surface area contributed by atoms with Crippen LogP contribution in [0.3, 0.4) is 0 Å². The van der Waals surface area contributed by atoms with Gasteiger partial charge in [-0.3, -0.25) is 4.79 Å². The molecule has 0 fully saturated rings. The van der Waals surface area contributed by atoms with Crippen LogP contribution in [-0.4, -0.2) is 31.7 Å². The second-order valence-electron chi connectivity index (χ2n) is 7.76. The van der Waals surface area contributed by atoms with Crippen LogP contribution in [0.15, 0.2) is 29.2 Å². The first-order chi connectivity index (χ1) is 13.6. The van der Waals surface area contributed by atoms with Crippen molar-refractivity contribution < 1.29 is 13.2 Å². The summed E-state index contributed by atoms with van der Waals surface area (Å²) in [6.07, 6.45) is 2.84. The van der Waals surface area contributed by atoms with Crippen molar-refractivity contribution in [3.05, 3.63) is 45.8 Å². The zero-order chi connectivity index (χ0) is 21.3. The van der Waals surface area contributed by atoms with Gasteiger partial charge in [-0.25, -0.2) is 8.42 Å². The third-order valence-electron chi connectivity index (χ3n) is 5.37. The molecule has 8 heteroatoms. The second-order valence-corrected chi connectivity index (χ2v) is 10.9. The van der Waals surface area contributed by atoms with Gasteiger partial charge < -0.3 is 5.32 Å². The minimum atomic E-state index is -3.60.